The van der Waals surface area contributed by atoms with Crippen LogP contribution in [0.1, 0.15) is 17.5 Å². The summed E-state index contributed by atoms with van der Waals surface area (Å²) < 4.78 is 0. The van der Waals surface area contributed by atoms with E-state index < -0.39 is 0 Å². The van der Waals surface area contributed by atoms with Crippen molar-refractivity contribution in [1.82, 2.24) is 15.2 Å². The van der Waals surface area contributed by atoms with Gasteiger partial charge in [-0.25, -0.2) is 0 Å². The van der Waals surface area contributed by atoms with Crippen LogP contribution in [0.5, 0.6) is 0 Å². The average Bonchev–Trinajstić information content (AvgIpc) is 3.16. The molecular weight excluding hydrogens is 360 g/mol. The first-order valence-corrected chi connectivity index (χ1v) is 10.5. The maximum atomic E-state index is 12.2. The van der Waals surface area contributed by atoms with E-state index in [2.05, 4.69) is 69.5 Å². The molecule has 29 heavy (non-hydrogen) atoms. The molecule has 0 saturated carbocycles. The van der Waals surface area contributed by atoms with Gasteiger partial charge in [0, 0.05) is 68.5 Å². The molecule has 0 unspecified atom stereocenters. The van der Waals surface area contributed by atoms with Gasteiger partial charge in [-0.1, -0.05) is 30.3 Å². The van der Waals surface area contributed by atoms with Gasteiger partial charge >= 0.3 is 0 Å². The molecule has 3 aromatic rings. The van der Waals surface area contributed by atoms with Crippen molar-refractivity contribution in [3.8, 4) is 0 Å². The molecule has 1 fully saturated rings. The number of piperazine rings is 1. The van der Waals surface area contributed by atoms with Crippen LogP contribution in [0.4, 0.5) is 5.69 Å². The summed E-state index contributed by atoms with van der Waals surface area (Å²) in [5, 5.41) is 4.32. The summed E-state index contributed by atoms with van der Waals surface area (Å²) in [6.07, 6.45) is 3.47. The lowest BCUT2D eigenvalue weighted by Gasteiger charge is -2.36. The normalized spacial score (nSPS) is 15.0. The molecule has 2 N–H and O–H groups in total. The lowest BCUT2D eigenvalue weighted by atomic mass is 10.1. The number of aryl methyl sites for hydroxylation is 1. The number of anilines is 1. The average molecular weight is 391 g/mol. The number of carbonyl (C=O) groups is 1. The van der Waals surface area contributed by atoms with Gasteiger partial charge in [-0.3, -0.25) is 9.69 Å². The summed E-state index contributed by atoms with van der Waals surface area (Å²) in [6, 6.07) is 17.0. The lowest BCUT2D eigenvalue weighted by molar-refractivity contribution is -0.121. The van der Waals surface area contributed by atoms with E-state index in [4.69, 9.17) is 0 Å². The monoisotopic (exact) mass is 390 g/mol. The van der Waals surface area contributed by atoms with E-state index in [1.165, 1.54) is 22.2 Å². The number of para-hydroxylation sites is 1. The molecule has 2 heterocycles. The van der Waals surface area contributed by atoms with Gasteiger partial charge in [0.15, 0.2) is 0 Å². The minimum atomic E-state index is 0.144. The highest BCUT2D eigenvalue weighted by Gasteiger charge is 2.17. The van der Waals surface area contributed by atoms with Crippen LogP contribution in [0.2, 0.25) is 0 Å². The number of aromatic nitrogens is 1. The second-order valence-electron chi connectivity index (χ2n) is 7.88. The van der Waals surface area contributed by atoms with Gasteiger partial charge in [0.05, 0.1) is 0 Å². The molecule has 0 aliphatic carbocycles. The Morgan fingerprint density at radius 1 is 1.07 bits per heavy atom. The van der Waals surface area contributed by atoms with E-state index in [0.29, 0.717) is 13.0 Å². The number of aromatic amines is 1. The first kappa shape index (κ1) is 19.5. The standard InChI is InChI=1S/C24H30N4O/c1-19-5-4-6-21(17-19)28-15-13-27(14-16-28)12-10-24(29)25-11-9-20-18-26-23-8-3-2-7-22(20)23/h2-8,17-18,26H,9-16H2,1H3,(H,25,29). The van der Waals surface area contributed by atoms with E-state index in [9.17, 15) is 4.79 Å². The summed E-state index contributed by atoms with van der Waals surface area (Å²) in [6.45, 7) is 7.71. The number of rotatable bonds is 7. The second-order valence-corrected chi connectivity index (χ2v) is 7.88. The number of hydrogen-bond acceptors (Lipinski definition) is 3. The van der Waals surface area contributed by atoms with E-state index in [1.54, 1.807) is 0 Å². The molecule has 1 aromatic heterocycles. The first-order chi connectivity index (χ1) is 14.2. The molecule has 0 spiro atoms. The number of fused-ring (bicyclic) bond motifs is 1. The predicted octanol–water partition coefficient (Wildman–Crippen LogP) is 3.35. The van der Waals surface area contributed by atoms with Gasteiger partial charge in [-0.15, -0.1) is 0 Å². The van der Waals surface area contributed by atoms with Crippen LogP contribution in [-0.4, -0.2) is 55.1 Å². The Morgan fingerprint density at radius 2 is 1.90 bits per heavy atom. The Bertz CT molecular complexity index is 956. The number of benzene rings is 2. The Balaban J connectivity index is 1.16. The Labute approximate surface area is 172 Å². The maximum absolute atomic E-state index is 12.2. The fourth-order valence-electron chi connectivity index (χ4n) is 4.08. The van der Waals surface area contributed by atoms with Crippen molar-refractivity contribution < 1.29 is 4.79 Å². The van der Waals surface area contributed by atoms with Crippen molar-refractivity contribution >= 4 is 22.5 Å². The third kappa shape index (κ3) is 4.98. The van der Waals surface area contributed by atoms with Gasteiger partial charge in [-0.2, -0.15) is 0 Å². The van der Waals surface area contributed by atoms with E-state index in [-0.39, 0.29) is 5.91 Å². The van der Waals surface area contributed by atoms with Gasteiger partial charge < -0.3 is 15.2 Å². The minimum Gasteiger partial charge on any atom is -0.369 e. The summed E-state index contributed by atoms with van der Waals surface area (Å²) in [4.78, 5) is 20.4. The highest BCUT2D eigenvalue weighted by atomic mass is 16.1. The maximum Gasteiger partial charge on any atom is 0.221 e. The third-order valence-corrected chi connectivity index (χ3v) is 5.79. The molecule has 0 radical (unpaired) electrons. The van der Waals surface area contributed by atoms with Crippen LogP contribution in [0, 0.1) is 6.92 Å². The molecular formula is C24H30N4O. The number of amides is 1. The SMILES string of the molecule is Cc1cccc(N2CCN(CCC(=O)NCCc3c[nH]c4ccccc34)CC2)c1. The molecule has 1 aliphatic heterocycles. The van der Waals surface area contributed by atoms with Gasteiger partial charge in [0.2, 0.25) is 5.91 Å². The Morgan fingerprint density at radius 3 is 2.72 bits per heavy atom. The van der Waals surface area contributed by atoms with Crippen LogP contribution in [0.25, 0.3) is 10.9 Å². The largest absolute Gasteiger partial charge is 0.369 e. The van der Waals surface area contributed by atoms with Crippen LogP contribution in [0.3, 0.4) is 0 Å². The lowest BCUT2D eigenvalue weighted by Crippen LogP contribution is -2.47. The molecule has 5 heteroatoms. The smallest absolute Gasteiger partial charge is 0.221 e. The highest BCUT2D eigenvalue weighted by Crippen LogP contribution is 2.18. The molecule has 1 saturated heterocycles. The van der Waals surface area contributed by atoms with Crippen molar-refractivity contribution in [2.45, 2.75) is 19.8 Å². The number of H-pyrrole nitrogens is 1. The van der Waals surface area contributed by atoms with Crippen molar-refractivity contribution in [1.29, 1.82) is 0 Å². The molecule has 2 aromatic carbocycles. The summed E-state index contributed by atoms with van der Waals surface area (Å²) >= 11 is 0. The molecule has 1 amide bonds. The number of nitrogens with zero attached hydrogens (tertiary/aromatic N) is 2. The van der Waals surface area contributed by atoms with Crippen LogP contribution in [-0.2, 0) is 11.2 Å². The summed E-state index contributed by atoms with van der Waals surface area (Å²) in [5.74, 6) is 0.144. The molecule has 152 valence electrons. The van der Waals surface area contributed by atoms with Crippen molar-refractivity contribution in [3.05, 3.63) is 65.9 Å². The van der Waals surface area contributed by atoms with Crippen molar-refractivity contribution in [2.24, 2.45) is 0 Å². The van der Waals surface area contributed by atoms with E-state index in [1.807, 2.05) is 12.3 Å². The molecule has 4 rings (SSSR count). The highest BCUT2D eigenvalue weighted by molar-refractivity contribution is 5.83. The minimum absolute atomic E-state index is 0.144. The Hall–Kier alpha value is -2.79. The number of carbonyl (C=O) groups excluding carboxylic acids is 1. The molecule has 0 bridgehead atoms. The summed E-state index contributed by atoms with van der Waals surface area (Å²) in [7, 11) is 0. The molecule has 0 atom stereocenters. The topological polar surface area (TPSA) is 51.4 Å². The first-order valence-electron chi connectivity index (χ1n) is 10.5. The van der Waals surface area contributed by atoms with E-state index in [0.717, 1.165) is 44.7 Å². The zero-order chi connectivity index (χ0) is 20.1. The fraction of sp³-hybridized carbons (Fsp3) is 0.375. The molecule has 5 nitrogen and oxygen atoms in total. The van der Waals surface area contributed by atoms with Crippen LogP contribution >= 0.6 is 0 Å². The van der Waals surface area contributed by atoms with Crippen LogP contribution in [0.15, 0.2) is 54.7 Å². The van der Waals surface area contributed by atoms with Crippen molar-refractivity contribution in [2.75, 3.05) is 44.2 Å². The Kier molecular flexibility index (Phi) is 6.15. The number of nitrogens with one attached hydrogen (secondary N) is 2. The van der Waals surface area contributed by atoms with Crippen molar-refractivity contribution in [3.63, 3.8) is 0 Å². The predicted molar refractivity (Wildman–Crippen MR) is 119 cm³/mol. The molecule has 1 aliphatic rings. The second kappa shape index (κ2) is 9.14. The zero-order valence-corrected chi connectivity index (χ0v) is 17.2. The quantitative estimate of drug-likeness (QED) is 0.651. The fourth-order valence-corrected chi connectivity index (χ4v) is 4.08. The van der Waals surface area contributed by atoms with Gasteiger partial charge in [0.25, 0.3) is 0 Å². The van der Waals surface area contributed by atoms with Gasteiger partial charge in [-0.05, 0) is 42.7 Å². The van der Waals surface area contributed by atoms with E-state index >= 15 is 0 Å². The zero-order valence-electron chi connectivity index (χ0n) is 17.2. The third-order valence-electron chi connectivity index (χ3n) is 5.79. The van der Waals surface area contributed by atoms with Crippen LogP contribution < -0.4 is 10.2 Å². The number of hydrogen-bond donors (Lipinski definition) is 2. The summed E-state index contributed by atoms with van der Waals surface area (Å²) in [5.41, 5.74) is 5.01. The van der Waals surface area contributed by atoms with Gasteiger partial charge in [0.1, 0.15) is 0 Å².